The molecule has 0 bridgehead atoms. The number of nitrogens with zero attached hydrogens (tertiary/aromatic N) is 3. The van der Waals surface area contributed by atoms with Gasteiger partial charge >= 0.3 is 0 Å². The first-order valence-corrected chi connectivity index (χ1v) is 11.6. The number of carbonyl (C=O) groups is 1. The highest BCUT2D eigenvalue weighted by atomic mass is 35.5. The number of carbonyl (C=O) groups excluding carboxylic acids is 1. The van der Waals surface area contributed by atoms with E-state index < -0.39 is 10.2 Å². The molecule has 0 aromatic carbocycles. The number of amides is 1. The second-order valence-corrected chi connectivity index (χ2v) is 9.98. The minimum absolute atomic E-state index is 0. The highest BCUT2D eigenvalue weighted by Gasteiger charge is 2.35. The van der Waals surface area contributed by atoms with Crippen molar-refractivity contribution in [2.45, 2.75) is 57.4 Å². The Balaban J connectivity index is 0.00000261. The van der Waals surface area contributed by atoms with Crippen LogP contribution >= 0.6 is 12.4 Å². The van der Waals surface area contributed by atoms with Crippen LogP contribution in [-0.2, 0) is 15.0 Å². The minimum Gasteiger partial charge on any atom is -0.340 e. The summed E-state index contributed by atoms with van der Waals surface area (Å²) in [5.41, 5.74) is 0. The number of hydrogen-bond donors (Lipinski definition) is 1. The Kier molecular flexibility index (Phi) is 8.80. The van der Waals surface area contributed by atoms with E-state index in [1.54, 1.807) is 15.7 Å². The summed E-state index contributed by atoms with van der Waals surface area (Å²) in [7, 11) is -1.70. The molecule has 2 aliphatic heterocycles. The van der Waals surface area contributed by atoms with Crippen LogP contribution < -0.4 is 5.32 Å². The maximum absolute atomic E-state index is 12.9. The third-order valence-corrected chi connectivity index (χ3v) is 8.34. The van der Waals surface area contributed by atoms with Crippen LogP contribution in [0.1, 0.15) is 51.4 Å². The predicted octanol–water partition coefficient (Wildman–Crippen LogP) is 1.45. The van der Waals surface area contributed by atoms with Crippen molar-refractivity contribution in [1.29, 1.82) is 0 Å². The Hall–Kier alpha value is -0.410. The molecule has 2 saturated heterocycles. The van der Waals surface area contributed by atoms with Gasteiger partial charge in [0.1, 0.15) is 0 Å². The first kappa shape index (κ1) is 22.9. The molecule has 0 radical (unpaired) electrons. The molecule has 7 nitrogen and oxygen atoms in total. The molecule has 158 valence electrons. The van der Waals surface area contributed by atoms with Gasteiger partial charge in [-0.3, -0.25) is 4.79 Å². The van der Waals surface area contributed by atoms with Crippen LogP contribution in [0, 0.1) is 5.92 Å². The zero-order valence-electron chi connectivity index (χ0n) is 16.4. The Labute approximate surface area is 170 Å². The molecule has 0 spiro atoms. The van der Waals surface area contributed by atoms with Crippen LogP contribution in [0.5, 0.6) is 0 Å². The van der Waals surface area contributed by atoms with Crippen molar-refractivity contribution >= 4 is 28.5 Å². The zero-order valence-corrected chi connectivity index (χ0v) is 18.1. The topological polar surface area (TPSA) is 73.0 Å². The van der Waals surface area contributed by atoms with Crippen LogP contribution in [0.3, 0.4) is 0 Å². The molecule has 27 heavy (non-hydrogen) atoms. The van der Waals surface area contributed by atoms with E-state index in [0.717, 1.165) is 51.6 Å². The summed E-state index contributed by atoms with van der Waals surface area (Å²) < 4.78 is 28.9. The molecule has 1 amide bonds. The fourth-order valence-corrected chi connectivity index (χ4v) is 6.01. The van der Waals surface area contributed by atoms with Gasteiger partial charge in [-0.05, 0) is 44.7 Å². The van der Waals surface area contributed by atoms with Crippen molar-refractivity contribution in [3.63, 3.8) is 0 Å². The molecule has 9 heteroatoms. The summed E-state index contributed by atoms with van der Waals surface area (Å²) in [6.45, 7) is 3.93. The summed E-state index contributed by atoms with van der Waals surface area (Å²) in [6.07, 6.45) is 8.05. The van der Waals surface area contributed by atoms with Gasteiger partial charge in [-0.1, -0.05) is 19.3 Å². The number of rotatable bonds is 6. The van der Waals surface area contributed by atoms with E-state index in [2.05, 4.69) is 5.32 Å². The minimum atomic E-state index is -3.42. The zero-order chi connectivity index (χ0) is 18.6. The summed E-state index contributed by atoms with van der Waals surface area (Å²) in [4.78, 5) is 14.3. The van der Waals surface area contributed by atoms with E-state index in [0.29, 0.717) is 38.5 Å². The van der Waals surface area contributed by atoms with E-state index in [1.165, 1.54) is 6.42 Å². The average Bonchev–Trinajstić information content (AvgIpc) is 3.20. The lowest BCUT2D eigenvalue weighted by Crippen LogP contribution is -2.55. The van der Waals surface area contributed by atoms with E-state index in [4.69, 9.17) is 0 Å². The first-order chi connectivity index (χ1) is 12.5. The lowest BCUT2D eigenvalue weighted by atomic mass is 9.96. The number of halogens is 1. The largest absolute Gasteiger partial charge is 0.340 e. The Morgan fingerprint density at radius 3 is 2.33 bits per heavy atom. The van der Waals surface area contributed by atoms with Gasteiger partial charge < -0.3 is 10.2 Å². The van der Waals surface area contributed by atoms with Crippen molar-refractivity contribution in [2.75, 3.05) is 46.3 Å². The number of hydrogen-bond acceptors (Lipinski definition) is 4. The smallest absolute Gasteiger partial charge is 0.282 e. The van der Waals surface area contributed by atoms with E-state index in [9.17, 15) is 13.2 Å². The quantitative estimate of drug-likeness (QED) is 0.703. The molecule has 1 unspecified atom stereocenters. The summed E-state index contributed by atoms with van der Waals surface area (Å²) in [5, 5.41) is 3.33. The summed E-state index contributed by atoms with van der Waals surface area (Å²) >= 11 is 0. The number of piperazine rings is 1. The standard InChI is InChI=1S/C18H34N4O3S.ClH/c1-20(17-5-3-2-4-6-17)26(24,25)22-13-11-21(12-14-22)18(23)8-7-16-9-10-19-15-16;/h16-17,19H,2-15H2,1H3;1H. The van der Waals surface area contributed by atoms with Crippen molar-refractivity contribution < 1.29 is 13.2 Å². The van der Waals surface area contributed by atoms with E-state index >= 15 is 0 Å². The molecule has 3 rings (SSSR count). The third kappa shape index (κ3) is 5.79. The molecule has 2 heterocycles. The summed E-state index contributed by atoms with van der Waals surface area (Å²) in [5.74, 6) is 0.791. The van der Waals surface area contributed by atoms with Gasteiger partial charge in [0.15, 0.2) is 0 Å². The van der Waals surface area contributed by atoms with E-state index in [1.807, 2.05) is 4.90 Å². The van der Waals surface area contributed by atoms with Crippen LogP contribution in [0.2, 0.25) is 0 Å². The van der Waals surface area contributed by atoms with Crippen molar-refractivity contribution in [1.82, 2.24) is 18.8 Å². The number of nitrogens with one attached hydrogen (secondary N) is 1. The molecule has 1 saturated carbocycles. The van der Waals surface area contributed by atoms with Crippen molar-refractivity contribution in [3.05, 3.63) is 0 Å². The second-order valence-electron chi connectivity index (χ2n) is 7.99. The van der Waals surface area contributed by atoms with Gasteiger partial charge in [-0.2, -0.15) is 17.0 Å². The fourth-order valence-electron chi connectivity index (χ4n) is 4.43. The monoisotopic (exact) mass is 422 g/mol. The molecule has 1 atom stereocenters. The van der Waals surface area contributed by atoms with Gasteiger partial charge in [0, 0.05) is 45.7 Å². The lowest BCUT2D eigenvalue weighted by molar-refractivity contribution is -0.132. The van der Waals surface area contributed by atoms with Crippen LogP contribution in [-0.4, -0.2) is 80.2 Å². The molecule has 0 aromatic rings. The SMILES string of the molecule is CN(C1CCCCC1)S(=O)(=O)N1CCN(C(=O)CCC2CCNC2)CC1.Cl. The van der Waals surface area contributed by atoms with Gasteiger partial charge in [-0.15, -0.1) is 12.4 Å². The molecule has 1 aliphatic carbocycles. The highest BCUT2D eigenvalue weighted by molar-refractivity contribution is 7.86. The van der Waals surface area contributed by atoms with Crippen molar-refractivity contribution in [2.24, 2.45) is 5.92 Å². The normalized spacial score (nSPS) is 25.6. The second kappa shape index (κ2) is 10.4. The molecular formula is C18H35ClN4O3S. The maximum Gasteiger partial charge on any atom is 0.282 e. The first-order valence-electron chi connectivity index (χ1n) is 10.2. The fraction of sp³-hybridized carbons (Fsp3) is 0.944. The van der Waals surface area contributed by atoms with Gasteiger partial charge in [0.25, 0.3) is 10.2 Å². The highest BCUT2D eigenvalue weighted by Crippen LogP contribution is 2.25. The Morgan fingerprint density at radius 1 is 1.07 bits per heavy atom. The Bertz CT molecular complexity index is 569. The molecule has 0 aromatic heterocycles. The van der Waals surface area contributed by atoms with Crippen LogP contribution in [0.25, 0.3) is 0 Å². The van der Waals surface area contributed by atoms with Gasteiger partial charge in [-0.25, -0.2) is 0 Å². The van der Waals surface area contributed by atoms with Crippen molar-refractivity contribution in [3.8, 4) is 0 Å². The molecule has 3 fully saturated rings. The average molecular weight is 423 g/mol. The van der Waals surface area contributed by atoms with Crippen LogP contribution in [0.15, 0.2) is 0 Å². The van der Waals surface area contributed by atoms with E-state index in [-0.39, 0.29) is 24.4 Å². The predicted molar refractivity (Wildman–Crippen MR) is 109 cm³/mol. The molecule has 1 N–H and O–H groups in total. The summed E-state index contributed by atoms with van der Waals surface area (Å²) in [6, 6.07) is 0.133. The van der Waals surface area contributed by atoms with Gasteiger partial charge in [0.2, 0.25) is 5.91 Å². The van der Waals surface area contributed by atoms with Gasteiger partial charge in [0.05, 0.1) is 0 Å². The Morgan fingerprint density at radius 2 is 1.74 bits per heavy atom. The van der Waals surface area contributed by atoms with Crippen LogP contribution in [0.4, 0.5) is 0 Å². The maximum atomic E-state index is 12.9. The third-order valence-electron chi connectivity index (χ3n) is 6.30. The molecular weight excluding hydrogens is 388 g/mol. The lowest BCUT2D eigenvalue weighted by Gasteiger charge is -2.38. The molecule has 3 aliphatic rings.